The van der Waals surface area contributed by atoms with Gasteiger partial charge in [-0.25, -0.2) is 0 Å². The lowest BCUT2D eigenvalue weighted by atomic mass is 10.0. The first-order valence-corrected chi connectivity index (χ1v) is 8.28. The Morgan fingerprint density at radius 2 is 2.09 bits per heavy atom. The van der Waals surface area contributed by atoms with E-state index < -0.39 is 0 Å². The third kappa shape index (κ3) is 2.85. The molecule has 0 spiro atoms. The van der Waals surface area contributed by atoms with Gasteiger partial charge in [-0.2, -0.15) is 10.2 Å². The molecule has 0 aromatic carbocycles. The normalized spacial score (nSPS) is 20.9. The highest BCUT2D eigenvalue weighted by atomic mass is 16.2. The van der Waals surface area contributed by atoms with Gasteiger partial charge in [0.05, 0.1) is 6.54 Å². The Bertz CT molecular complexity index is 690. The molecule has 2 aliphatic heterocycles. The van der Waals surface area contributed by atoms with E-state index in [-0.39, 0.29) is 11.6 Å². The van der Waals surface area contributed by atoms with Crippen LogP contribution in [0.1, 0.15) is 56.1 Å². The van der Waals surface area contributed by atoms with Crippen molar-refractivity contribution in [2.75, 3.05) is 6.54 Å². The molecule has 1 aromatic rings. The zero-order valence-corrected chi connectivity index (χ0v) is 13.1. The van der Waals surface area contributed by atoms with Crippen molar-refractivity contribution in [3.63, 3.8) is 0 Å². The Morgan fingerprint density at radius 3 is 2.78 bits per heavy atom. The molecule has 4 rings (SSSR count). The number of terminal acetylenes is 1. The Morgan fingerprint density at radius 1 is 1.26 bits per heavy atom. The summed E-state index contributed by atoms with van der Waals surface area (Å²) in [4.78, 5) is 14.3. The lowest BCUT2D eigenvalue weighted by Gasteiger charge is -2.28. The Balaban J connectivity index is 1.32. The smallest absolute Gasteiger partial charge is 0.223 e. The van der Waals surface area contributed by atoms with Crippen LogP contribution in [0.15, 0.2) is 10.2 Å². The molecule has 0 bridgehead atoms. The summed E-state index contributed by atoms with van der Waals surface area (Å²) in [5, 5.41) is 16.8. The third-order valence-corrected chi connectivity index (χ3v) is 4.87. The number of fused-ring (bicyclic) bond motifs is 1. The predicted molar refractivity (Wildman–Crippen MR) is 82.3 cm³/mol. The molecule has 1 fully saturated rings. The molecule has 0 atom stereocenters. The van der Waals surface area contributed by atoms with Crippen LogP contribution in [0.5, 0.6) is 0 Å². The highest BCUT2D eigenvalue weighted by Crippen LogP contribution is 2.40. The monoisotopic (exact) mass is 312 g/mol. The van der Waals surface area contributed by atoms with Crippen LogP contribution in [-0.4, -0.2) is 37.8 Å². The molecule has 0 unspecified atom stereocenters. The minimum atomic E-state index is -0.378. The molecule has 3 aliphatic rings. The summed E-state index contributed by atoms with van der Waals surface area (Å²) >= 11 is 0. The standard InChI is InChI=1S/C16H20N6O/c1-2-3-7-16(19-20-16)8-6-14(23)21-9-10-22-13(11-21)17-18-15(22)12-4-5-12/h1,12H,3-11H2. The average Bonchev–Trinajstić information content (AvgIpc) is 3.50. The molecule has 7 heteroatoms. The van der Waals surface area contributed by atoms with Crippen LogP contribution in [0.3, 0.4) is 0 Å². The summed E-state index contributed by atoms with van der Waals surface area (Å²) in [7, 11) is 0. The van der Waals surface area contributed by atoms with Gasteiger partial charge in [-0.3, -0.25) is 4.79 Å². The molecule has 23 heavy (non-hydrogen) atoms. The van der Waals surface area contributed by atoms with Crippen molar-refractivity contribution in [1.82, 2.24) is 19.7 Å². The first kappa shape index (κ1) is 14.4. The predicted octanol–water partition coefficient (Wildman–Crippen LogP) is 1.85. The SMILES string of the molecule is C#CCCC1(CCC(=O)N2CCn3c(nnc3C3CC3)C2)N=N1. The van der Waals surface area contributed by atoms with Gasteiger partial charge in [0, 0.05) is 44.7 Å². The van der Waals surface area contributed by atoms with Crippen molar-refractivity contribution < 1.29 is 4.79 Å². The van der Waals surface area contributed by atoms with Crippen LogP contribution in [0, 0.1) is 12.3 Å². The summed E-state index contributed by atoms with van der Waals surface area (Å²) in [5.41, 5.74) is -0.378. The molecule has 0 saturated heterocycles. The van der Waals surface area contributed by atoms with Gasteiger partial charge < -0.3 is 9.47 Å². The maximum absolute atomic E-state index is 12.5. The largest absolute Gasteiger partial charge is 0.333 e. The third-order valence-electron chi connectivity index (χ3n) is 4.87. The van der Waals surface area contributed by atoms with E-state index in [9.17, 15) is 4.79 Å². The van der Waals surface area contributed by atoms with E-state index >= 15 is 0 Å². The van der Waals surface area contributed by atoms with E-state index in [0.29, 0.717) is 31.7 Å². The van der Waals surface area contributed by atoms with Gasteiger partial charge >= 0.3 is 0 Å². The molecule has 3 heterocycles. The van der Waals surface area contributed by atoms with Gasteiger partial charge in [0.15, 0.2) is 11.5 Å². The summed E-state index contributed by atoms with van der Waals surface area (Å²) in [6, 6.07) is 0. The van der Waals surface area contributed by atoms with Crippen molar-refractivity contribution in [2.45, 2.75) is 63.2 Å². The van der Waals surface area contributed by atoms with Gasteiger partial charge in [0.1, 0.15) is 5.82 Å². The maximum Gasteiger partial charge on any atom is 0.223 e. The van der Waals surface area contributed by atoms with E-state index in [1.54, 1.807) is 0 Å². The minimum absolute atomic E-state index is 0.143. The quantitative estimate of drug-likeness (QED) is 0.752. The average molecular weight is 312 g/mol. The van der Waals surface area contributed by atoms with Crippen molar-refractivity contribution in [1.29, 1.82) is 0 Å². The Labute approximate surface area is 135 Å². The number of amides is 1. The highest BCUT2D eigenvalue weighted by Gasteiger charge is 2.40. The zero-order chi connectivity index (χ0) is 15.9. The first-order valence-electron chi connectivity index (χ1n) is 8.28. The summed E-state index contributed by atoms with van der Waals surface area (Å²) in [5.74, 6) is 5.36. The number of hydrogen-bond donors (Lipinski definition) is 0. The van der Waals surface area contributed by atoms with Crippen LogP contribution in [0.25, 0.3) is 0 Å². The van der Waals surface area contributed by atoms with Crippen LogP contribution < -0.4 is 0 Å². The Kier molecular flexibility index (Phi) is 3.40. The van der Waals surface area contributed by atoms with E-state index in [1.807, 2.05) is 4.90 Å². The molecule has 7 nitrogen and oxygen atoms in total. The maximum atomic E-state index is 12.5. The van der Waals surface area contributed by atoms with Crippen molar-refractivity contribution in [2.24, 2.45) is 10.2 Å². The van der Waals surface area contributed by atoms with Crippen molar-refractivity contribution in [3.8, 4) is 12.3 Å². The van der Waals surface area contributed by atoms with E-state index in [2.05, 4.69) is 30.9 Å². The summed E-state index contributed by atoms with van der Waals surface area (Å²) < 4.78 is 2.20. The number of nitrogens with zero attached hydrogens (tertiary/aromatic N) is 6. The molecule has 0 radical (unpaired) electrons. The Hall–Kier alpha value is -2.23. The second kappa shape index (κ2) is 5.44. The van der Waals surface area contributed by atoms with Crippen LogP contribution in [0.2, 0.25) is 0 Å². The molecule has 120 valence electrons. The number of carbonyl (C=O) groups is 1. The molecular formula is C16H20N6O. The number of aromatic nitrogens is 3. The van der Waals surface area contributed by atoms with Crippen LogP contribution in [-0.2, 0) is 17.9 Å². The first-order chi connectivity index (χ1) is 11.2. The fourth-order valence-corrected chi connectivity index (χ4v) is 3.17. The fraction of sp³-hybridized carbons (Fsp3) is 0.688. The second-order valence-corrected chi connectivity index (χ2v) is 6.60. The number of carbonyl (C=O) groups excluding carboxylic acids is 1. The highest BCUT2D eigenvalue weighted by molar-refractivity contribution is 5.76. The summed E-state index contributed by atoms with van der Waals surface area (Å²) in [6.45, 7) is 2.09. The van der Waals surface area contributed by atoms with Gasteiger partial charge in [0.2, 0.25) is 5.91 Å². The molecule has 1 saturated carbocycles. The van der Waals surface area contributed by atoms with E-state index in [0.717, 1.165) is 31.2 Å². The molecule has 1 amide bonds. The fourth-order valence-electron chi connectivity index (χ4n) is 3.17. The number of hydrogen-bond acceptors (Lipinski definition) is 5. The van der Waals surface area contributed by atoms with Crippen LogP contribution >= 0.6 is 0 Å². The topological polar surface area (TPSA) is 75.7 Å². The van der Waals surface area contributed by atoms with E-state index in [4.69, 9.17) is 6.42 Å². The van der Waals surface area contributed by atoms with E-state index in [1.165, 1.54) is 12.8 Å². The lowest BCUT2D eigenvalue weighted by molar-refractivity contribution is -0.133. The van der Waals surface area contributed by atoms with Gasteiger partial charge in [-0.1, -0.05) is 0 Å². The summed E-state index contributed by atoms with van der Waals surface area (Å²) in [6.07, 6.45) is 10.2. The van der Waals surface area contributed by atoms with Gasteiger partial charge in [-0.15, -0.1) is 22.5 Å². The minimum Gasteiger partial charge on any atom is -0.333 e. The van der Waals surface area contributed by atoms with Crippen molar-refractivity contribution >= 4 is 5.91 Å². The number of rotatable bonds is 6. The molecule has 1 aliphatic carbocycles. The van der Waals surface area contributed by atoms with Crippen LogP contribution in [0.4, 0.5) is 0 Å². The second-order valence-electron chi connectivity index (χ2n) is 6.60. The lowest BCUT2D eigenvalue weighted by Crippen LogP contribution is -2.39. The van der Waals surface area contributed by atoms with Gasteiger partial charge in [0.25, 0.3) is 0 Å². The molecule has 0 N–H and O–H groups in total. The molecule has 1 aromatic heterocycles. The van der Waals surface area contributed by atoms with Gasteiger partial charge in [-0.05, 0) is 12.8 Å². The van der Waals surface area contributed by atoms with Crippen molar-refractivity contribution in [3.05, 3.63) is 11.6 Å². The molecular weight excluding hydrogens is 292 g/mol. The zero-order valence-electron chi connectivity index (χ0n) is 13.1.